The van der Waals surface area contributed by atoms with Crippen LogP contribution in [0.25, 0.3) is 0 Å². The second kappa shape index (κ2) is 6.37. The second-order valence-electron chi connectivity index (χ2n) is 3.55. The van der Waals surface area contributed by atoms with Crippen molar-refractivity contribution in [3.8, 4) is 0 Å². The number of hydrogen-bond donors (Lipinski definition) is 3. The Morgan fingerprint density at radius 1 is 1.38 bits per heavy atom. The molecule has 16 heavy (non-hydrogen) atoms. The molecule has 0 aliphatic carbocycles. The van der Waals surface area contributed by atoms with Crippen LogP contribution >= 0.6 is 23.2 Å². The van der Waals surface area contributed by atoms with Crippen molar-refractivity contribution in [3.05, 3.63) is 28.0 Å². The third-order valence-electron chi connectivity index (χ3n) is 2.10. The molecule has 0 fully saturated rings. The largest absolute Gasteiger partial charge is 0.395 e. The lowest BCUT2D eigenvalue weighted by atomic mass is 10.1. The van der Waals surface area contributed by atoms with Gasteiger partial charge in [0.15, 0.2) is 0 Å². The van der Waals surface area contributed by atoms with Crippen LogP contribution in [0, 0.1) is 0 Å². The van der Waals surface area contributed by atoms with E-state index in [0.717, 1.165) is 0 Å². The Bertz CT molecular complexity index is 329. The van der Waals surface area contributed by atoms with Crippen LogP contribution in [0.5, 0.6) is 0 Å². The zero-order valence-corrected chi connectivity index (χ0v) is 10.3. The SMILES string of the molecule is C[C@@H](CO)NCC(O)c1cc(Cl)nc(Cl)c1. The summed E-state index contributed by atoms with van der Waals surface area (Å²) < 4.78 is 0. The van der Waals surface area contributed by atoms with Crippen LogP contribution < -0.4 is 5.32 Å². The highest BCUT2D eigenvalue weighted by molar-refractivity contribution is 6.32. The van der Waals surface area contributed by atoms with Crippen LogP contribution in [-0.4, -0.2) is 34.4 Å². The Kier molecular flexibility index (Phi) is 5.44. The van der Waals surface area contributed by atoms with Crippen molar-refractivity contribution in [2.75, 3.05) is 13.2 Å². The van der Waals surface area contributed by atoms with E-state index in [-0.39, 0.29) is 23.0 Å². The monoisotopic (exact) mass is 264 g/mol. The number of nitrogens with one attached hydrogen (secondary N) is 1. The van der Waals surface area contributed by atoms with Gasteiger partial charge in [-0.1, -0.05) is 23.2 Å². The minimum atomic E-state index is -0.730. The van der Waals surface area contributed by atoms with Crippen LogP contribution in [0.15, 0.2) is 12.1 Å². The highest BCUT2D eigenvalue weighted by Gasteiger charge is 2.11. The number of aliphatic hydroxyl groups is 2. The molecule has 1 aromatic heterocycles. The van der Waals surface area contributed by atoms with Gasteiger partial charge in [-0.2, -0.15) is 0 Å². The van der Waals surface area contributed by atoms with Gasteiger partial charge in [-0.3, -0.25) is 0 Å². The van der Waals surface area contributed by atoms with Crippen molar-refractivity contribution in [1.82, 2.24) is 10.3 Å². The van der Waals surface area contributed by atoms with E-state index in [9.17, 15) is 5.11 Å². The van der Waals surface area contributed by atoms with Crippen LogP contribution in [0.3, 0.4) is 0 Å². The van der Waals surface area contributed by atoms with Gasteiger partial charge in [-0.05, 0) is 24.6 Å². The van der Waals surface area contributed by atoms with E-state index in [1.54, 1.807) is 12.1 Å². The summed E-state index contributed by atoms with van der Waals surface area (Å²) in [4.78, 5) is 3.79. The fourth-order valence-electron chi connectivity index (χ4n) is 1.17. The second-order valence-corrected chi connectivity index (χ2v) is 4.33. The zero-order valence-electron chi connectivity index (χ0n) is 8.82. The number of nitrogens with zero attached hydrogens (tertiary/aromatic N) is 1. The van der Waals surface area contributed by atoms with E-state index >= 15 is 0 Å². The Morgan fingerprint density at radius 2 is 1.94 bits per heavy atom. The smallest absolute Gasteiger partial charge is 0.131 e. The first-order chi connectivity index (χ1) is 7.52. The highest BCUT2D eigenvalue weighted by Crippen LogP contribution is 2.20. The van der Waals surface area contributed by atoms with Crippen LogP contribution in [0.4, 0.5) is 0 Å². The molecule has 6 heteroatoms. The van der Waals surface area contributed by atoms with E-state index in [4.69, 9.17) is 28.3 Å². The van der Waals surface area contributed by atoms with Gasteiger partial charge in [0.05, 0.1) is 12.7 Å². The maximum absolute atomic E-state index is 9.82. The molecule has 1 unspecified atom stereocenters. The molecular formula is C10H14Cl2N2O2. The zero-order chi connectivity index (χ0) is 12.1. The Balaban J connectivity index is 2.62. The lowest BCUT2D eigenvalue weighted by Crippen LogP contribution is -2.32. The molecule has 1 rings (SSSR count). The number of aromatic nitrogens is 1. The van der Waals surface area contributed by atoms with Gasteiger partial charge in [0.25, 0.3) is 0 Å². The van der Waals surface area contributed by atoms with E-state index in [1.807, 2.05) is 6.92 Å². The summed E-state index contributed by atoms with van der Waals surface area (Å²) in [6.45, 7) is 2.15. The maximum Gasteiger partial charge on any atom is 0.131 e. The van der Waals surface area contributed by atoms with Crippen LogP contribution in [-0.2, 0) is 0 Å². The molecule has 1 aromatic rings. The summed E-state index contributed by atoms with van der Waals surface area (Å²) in [5.41, 5.74) is 0.600. The number of aliphatic hydroxyl groups excluding tert-OH is 2. The standard InChI is InChI=1S/C10H14Cl2N2O2/c1-6(5-15)13-4-8(16)7-2-9(11)14-10(12)3-7/h2-3,6,8,13,15-16H,4-5H2,1H3/t6-,8?/m0/s1. The first-order valence-electron chi connectivity index (χ1n) is 4.88. The van der Waals surface area contributed by atoms with E-state index in [0.29, 0.717) is 12.1 Å². The molecule has 0 amide bonds. The van der Waals surface area contributed by atoms with Gasteiger partial charge in [-0.15, -0.1) is 0 Å². The highest BCUT2D eigenvalue weighted by atomic mass is 35.5. The molecular weight excluding hydrogens is 251 g/mol. The molecule has 0 spiro atoms. The lowest BCUT2D eigenvalue weighted by Gasteiger charge is -2.15. The lowest BCUT2D eigenvalue weighted by molar-refractivity contribution is 0.161. The van der Waals surface area contributed by atoms with Gasteiger partial charge in [0.2, 0.25) is 0 Å². The fourth-order valence-corrected chi connectivity index (χ4v) is 1.65. The molecule has 2 atom stereocenters. The number of halogens is 2. The van der Waals surface area contributed by atoms with Gasteiger partial charge in [0, 0.05) is 12.6 Å². The molecule has 90 valence electrons. The molecule has 0 saturated heterocycles. The average molecular weight is 265 g/mol. The van der Waals surface area contributed by atoms with Gasteiger partial charge in [-0.25, -0.2) is 4.98 Å². The number of hydrogen-bond acceptors (Lipinski definition) is 4. The van der Waals surface area contributed by atoms with E-state index in [2.05, 4.69) is 10.3 Å². The minimum Gasteiger partial charge on any atom is -0.395 e. The fraction of sp³-hybridized carbons (Fsp3) is 0.500. The van der Waals surface area contributed by atoms with Crippen molar-refractivity contribution in [3.63, 3.8) is 0 Å². The van der Waals surface area contributed by atoms with Crippen molar-refractivity contribution in [1.29, 1.82) is 0 Å². The van der Waals surface area contributed by atoms with Crippen molar-refractivity contribution < 1.29 is 10.2 Å². The minimum absolute atomic E-state index is 0.0184. The summed E-state index contributed by atoms with van der Waals surface area (Å²) in [6, 6.07) is 3.05. The summed E-state index contributed by atoms with van der Waals surface area (Å²) in [6.07, 6.45) is -0.730. The third kappa shape index (κ3) is 4.23. The number of rotatable bonds is 5. The molecule has 0 aliphatic heterocycles. The average Bonchev–Trinajstić information content (AvgIpc) is 2.23. The van der Waals surface area contributed by atoms with Gasteiger partial charge < -0.3 is 15.5 Å². The Labute approximate surface area is 104 Å². The quantitative estimate of drug-likeness (QED) is 0.704. The molecule has 1 heterocycles. The van der Waals surface area contributed by atoms with E-state index in [1.165, 1.54) is 0 Å². The summed E-state index contributed by atoms with van der Waals surface area (Å²) >= 11 is 11.4. The first kappa shape index (κ1) is 13.7. The summed E-state index contributed by atoms with van der Waals surface area (Å²) in [5.74, 6) is 0. The summed E-state index contributed by atoms with van der Waals surface area (Å²) in [5, 5.41) is 22.1. The molecule has 0 aliphatic rings. The first-order valence-corrected chi connectivity index (χ1v) is 5.63. The predicted octanol–water partition coefficient (Wildman–Crippen LogP) is 1.39. The normalized spacial score (nSPS) is 14.8. The Morgan fingerprint density at radius 3 is 2.44 bits per heavy atom. The third-order valence-corrected chi connectivity index (χ3v) is 2.49. The molecule has 4 nitrogen and oxygen atoms in total. The van der Waals surface area contributed by atoms with Gasteiger partial charge in [0.1, 0.15) is 10.3 Å². The molecule has 0 bridgehead atoms. The topological polar surface area (TPSA) is 65.4 Å². The molecule has 0 radical (unpaired) electrons. The van der Waals surface area contributed by atoms with Crippen molar-refractivity contribution in [2.45, 2.75) is 19.1 Å². The molecule has 3 N–H and O–H groups in total. The van der Waals surface area contributed by atoms with E-state index < -0.39 is 6.10 Å². The van der Waals surface area contributed by atoms with Gasteiger partial charge >= 0.3 is 0 Å². The van der Waals surface area contributed by atoms with Crippen LogP contribution in [0.2, 0.25) is 10.3 Å². The van der Waals surface area contributed by atoms with Crippen LogP contribution in [0.1, 0.15) is 18.6 Å². The van der Waals surface area contributed by atoms with Crippen molar-refractivity contribution >= 4 is 23.2 Å². The summed E-state index contributed by atoms with van der Waals surface area (Å²) in [7, 11) is 0. The predicted molar refractivity (Wildman–Crippen MR) is 63.8 cm³/mol. The molecule has 0 aromatic carbocycles. The molecule has 0 saturated carbocycles. The Hall–Kier alpha value is -0.390. The van der Waals surface area contributed by atoms with Crippen molar-refractivity contribution in [2.24, 2.45) is 0 Å². The maximum atomic E-state index is 9.82. The number of pyridine rings is 1.